The average molecular weight is 498 g/mol. The summed E-state index contributed by atoms with van der Waals surface area (Å²) in [4.78, 5) is 26.9. The Kier molecular flexibility index (Phi) is 6.99. The molecule has 3 aromatic carbocycles. The maximum atomic E-state index is 13.1. The van der Waals surface area contributed by atoms with Crippen molar-refractivity contribution in [3.05, 3.63) is 72.5 Å². The molecular formula is C31H31NO5. The van der Waals surface area contributed by atoms with E-state index in [1.54, 1.807) is 24.3 Å². The molecule has 0 aliphatic carbocycles. The Hall–Kier alpha value is -4.06. The molecule has 1 fully saturated rings. The van der Waals surface area contributed by atoms with E-state index in [0.29, 0.717) is 38.3 Å². The number of hydrogen-bond acceptors (Lipinski definition) is 5. The Labute approximate surface area is 216 Å². The predicted octanol–water partition coefficient (Wildman–Crippen LogP) is 6.47. The van der Waals surface area contributed by atoms with Crippen LogP contribution in [-0.2, 0) is 14.3 Å². The van der Waals surface area contributed by atoms with E-state index >= 15 is 0 Å². The number of allylic oxidation sites excluding steroid dienone is 1. The van der Waals surface area contributed by atoms with Gasteiger partial charge in [0.25, 0.3) is 0 Å². The number of ether oxygens (including phenoxy) is 2. The summed E-state index contributed by atoms with van der Waals surface area (Å²) in [7, 11) is 1.62. The fourth-order valence-corrected chi connectivity index (χ4v) is 5.15. The molecule has 6 heteroatoms. The molecule has 2 heterocycles. The molecule has 0 N–H and O–H groups in total. The van der Waals surface area contributed by atoms with Gasteiger partial charge in [0.1, 0.15) is 11.3 Å². The number of rotatable bonds is 6. The first kappa shape index (κ1) is 24.6. The molecule has 0 spiro atoms. The van der Waals surface area contributed by atoms with Crippen LogP contribution in [0.2, 0.25) is 0 Å². The molecular weight excluding hydrogens is 466 g/mol. The van der Waals surface area contributed by atoms with Crippen molar-refractivity contribution in [1.29, 1.82) is 0 Å². The maximum Gasteiger partial charge on any atom is 0.309 e. The lowest BCUT2D eigenvalue weighted by Crippen LogP contribution is -2.40. The van der Waals surface area contributed by atoms with Gasteiger partial charge in [0.15, 0.2) is 0 Å². The zero-order valence-corrected chi connectivity index (χ0v) is 21.5. The van der Waals surface area contributed by atoms with Crippen LogP contribution in [0.25, 0.3) is 38.4 Å². The lowest BCUT2D eigenvalue weighted by molar-refractivity contribution is -0.150. The van der Waals surface area contributed by atoms with Gasteiger partial charge in [0.2, 0.25) is 5.91 Å². The van der Waals surface area contributed by atoms with Gasteiger partial charge in [-0.1, -0.05) is 42.5 Å². The maximum absolute atomic E-state index is 13.1. The van der Waals surface area contributed by atoms with Crippen molar-refractivity contribution in [2.24, 2.45) is 5.92 Å². The third kappa shape index (κ3) is 4.84. The highest BCUT2D eigenvalue weighted by Crippen LogP contribution is 2.39. The minimum atomic E-state index is -0.165. The zero-order valence-electron chi connectivity index (χ0n) is 21.5. The number of benzene rings is 3. The summed E-state index contributed by atoms with van der Waals surface area (Å²) >= 11 is 0. The number of amides is 1. The van der Waals surface area contributed by atoms with Crippen molar-refractivity contribution in [2.75, 3.05) is 26.8 Å². The van der Waals surface area contributed by atoms with Crippen LogP contribution in [0.5, 0.6) is 5.75 Å². The molecule has 0 radical (unpaired) electrons. The highest BCUT2D eigenvalue weighted by Gasteiger charge is 2.27. The Morgan fingerprint density at radius 1 is 1.03 bits per heavy atom. The van der Waals surface area contributed by atoms with E-state index in [1.807, 2.05) is 38.1 Å². The molecule has 1 aromatic heterocycles. The van der Waals surface area contributed by atoms with Crippen LogP contribution in [0.4, 0.5) is 0 Å². The van der Waals surface area contributed by atoms with Crippen LogP contribution < -0.4 is 4.74 Å². The van der Waals surface area contributed by atoms with Gasteiger partial charge < -0.3 is 18.8 Å². The second kappa shape index (κ2) is 10.5. The molecule has 1 aliphatic rings. The highest BCUT2D eigenvalue weighted by molar-refractivity contribution is 6.06. The third-order valence-corrected chi connectivity index (χ3v) is 7.17. The minimum Gasteiger partial charge on any atom is -0.496 e. The summed E-state index contributed by atoms with van der Waals surface area (Å²) in [5.74, 6) is 0.281. The third-order valence-electron chi connectivity index (χ3n) is 7.17. The second-order valence-electron chi connectivity index (χ2n) is 9.40. The van der Waals surface area contributed by atoms with Crippen molar-refractivity contribution < 1.29 is 23.5 Å². The van der Waals surface area contributed by atoms with Crippen molar-refractivity contribution in [1.82, 2.24) is 4.90 Å². The number of likely N-dealkylation sites (tertiary alicyclic amines) is 1. The summed E-state index contributed by atoms with van der Waals surface area (Å²) in [6, 6.07) is 18.5. The average Bonchev–Trinajstić information content (AvgIpc) is 3.34. The Morgan fingerprint density at radius 2 is 1.78 bits per heavy atom. The molecule has 1 saturated heterocycles. The van der Waals surface area contributed by atoms with E-state index in [1.165, 1.54) is 0 Å². The number of carbonyl (C=O) groups excluding carboxylic acids is 2. The van der Waals surface area contributed by atoms with Crippen LogP contribution in [0, 0.1) is 5.92 Å². The van der Waals surface area contributed by atoms with Crippen LogP contribution in [0.15, 0.2) is 71.4 Å². The Bertz CT molecular complexity index is 1490. The Morgan fingerprint density at radius 3 is 2.54 bits per heavy atom. The molecule has 6 nitrogen and oxygen atoms in total. The highest BCUT2D eigenvalue weighted by atomic mass is 16.5. The van der Waals surface area contributed by atoms with Crippen molar-refractivity contribution in [3.63, 3.8) is 0 Å². The fourth-order valence-electron chi connectivity index (χ4n) is 5.15. The smallest absolute Gasteiger partial charge is 0.309 e. The molecule has 0 unspecified atom stereocenters. The largest absolute Gasteiger partial charge is 0.496 e. The quantitative estimate of drug-likeness (QED) is 0.226. The van der Waals surface area contributed by atoms with Gasteiger partial charge in [-0.3, -0.25) is 9.59 Å². The number of methoxy groups -OCH3 is 1. The summed E-state index contributed by atoms with van der Waals surface area (Å²) in [6.45, 7) is 5.18. The van der Waals surface area contributed by atoms with Gasteiger partial charge in [-0.05, 0) is 54.7 Å². The van der Waals surface area contributed by atoms with Crippen LogP contribution >= 0.6 is 0 Å². The van der Waals surface area contributed by atoms with Crippen molar-refractivity contribution >= 4 is 39.2 Å². The summed E-state index contributed by atoms with van der Waals surface area (Å²) in [5.41, 5.74) is 4.46. The first-order valence-corrected chi connectivity index (χ1v) is 12.7. The fraction of sp³-hybridized carbons (Fsp3) is 0.290. The van der Waals surface area contributed by atoms with E-state index in [0.717, 1.165) is 44.0 Å². The molecule has 190 valence electrons. The van der Waals surface area contributed by atoms with Gasteiger partial charge >= 0.3 is 5.97 Å². The lowest BCUT2D eigenvalue weighted by Gasteiger charge is -2.30. The molecule has 37 heavy (non-hydrogen) atoms. The van der Waals surface area contributed by atoms with Crippen molar-refractivity contribution in [2.45, 2.75) is 26.7 Å². The van der Waals surface area contributed by atoms with Crippen molar-refractivity contribution in [3.8, 4) is 16.9 Å². The molecule has 0 bridgehead atoms. The van der Waals surface area contributed by atoms with Gasteiger partial charge in [-0.15, -0.1) is 0 Å². The monoisotopic (exact) mass is 497 g/mol. The number of esters is 1. The van der Waals surface area contributed by atoms with Gasteiger partial charge in [0.05, 0.1) is 25.9 Å². The number of carbonyl (C=O) groups is 2. The minimum absolute atomic E-state index is 0.0663. The number of piperidine rings is 1. The first-order valence-electron chi connectivity index (χ1n) is 12.7. The lowest BCUT2D eigenvalue weighted by atomic mass is 9.95. The van der Waals surface area contributed by atoms with E-state index in [2.05, 4.69) is 30.3 Å². The van der Waals surface area contributed by atoms with E-state index in [4.69, 9.17) is 13.9 Å². The van der Waals surface area contributed by atoms with E-state index in [-0.39, 0.29) is 17.8 Å². The summed E-state index contributed by atoms with van der Waals surface area (Å²) in [6.07, 6.45) is 4.69. The number of furan rings is 1. The van der Waals surface area contributed by atoms with Crippen LogP contribution in [-0.4, -0.2) is 43.6 Å². The van der Waals surface area contributed by atoms with Crippen LogP contribution in [0.1, 0.15) is 32.3 Å². The topological polar surface area (TPSA) is 69.0 Å². The summed E-state index contributed by atoms with van der Waals surface area (Å²) in [5, 5.41) is 3.28. The zero-order chi connectivity index (χ0) is 25.9. The molecule has 1 amide bonds. The second-order valence-corrected chi connectivity index (χ2v) is 9.40. The first-order chi connectivity index (χ1) is 18.0. The molecule has 0 atom stereocenters. The standard InChI is InChI=1S/C31H31NO5/c1-4-36-31(34)22-12-14-32(15-13-22)30(33)16-20(2)25-17-26-27(19-37-29(26)18-28(25)35-3)24-11-7-9-21-8-5-6-10-23(21)24/h5-11,16-19,22H,4,12-15H2,1-3H3/b20-16+. The number of hydrogen-bond donors (Lipinski definition) is 0. The normalized spacial score (nSPS) is 14.8. The molecule has 4 aromatic rings. The van der Waals surface area contributed by atoms with E-state index < -0.39 is 0 Å². The molecule has 0 saturated carbocycles. The van der Waals surface area contributed by atoms with Gasteiger partial charge in [-0.2, -0.15) is 0 Å². The molecule has 5 rings (SSSR count). The van der Waals surface area contributed by atoms with Gasteiger partial charge in [-0.25, -0.2) is 0 Å². The van der Waals surface area contributed by atoms with E-state index in [9.17, 15) is 9.59 Å². The SMILES string of the molecule is CCOC(=O)C1CCN(C(=O)/C=C(\C)c2cc3c(-c4cccc5ccccc45)coc3cc2OC)CC1. The number of nitrogens with zero attached hydrogens (tertiary/aromatic N) is 1. The summed E-state index contributed by atoms with van der Waals surface area (Å²) < 4.78 is 16.8. The Balaban J connectivity index is 1.45. The number of fused-ring (bicyclic) bond motifs is 2. The molecule has 1 aliphatic heterocycles. The van der Waals surface area contributed by atoms with Gasteiger partial charge in [0, 0.05) is 41.7 Å². The van der Waals surface area contributed by atoms with Crippen LogP contribution in [0.3, 0.4) is 0 Å². The predicted molar refractivity (Wildman–Crippen MR) is 145 cm³/mol.